The first kappa shape index (κ1) is 12.6. The van der Waals surface area contributed by atoms with Crippen LogP contribution in [0, 0.1) is 13.8 Å². The van der Waals surface area contributed by atoms with E-state index in [1.807, 2.05) is 13.8 Å². The molecule has 0 radical (unpaired) electrons. The zero-order valence-corrected chi connectivity index (χ0v) is 11.1. The van der Waals surface area contributed by atoms with Crippen LogP contribution in [-0.2, 0) is 6.54 Å². The van der Waals surface area contributed by atoms with Crippen molar-refractivity contribution in [1.82, 2.24) is 10.3 Å². The number of hydrogen-bond donors (Lipinski definition) is 1. The molecule has 96 valence electrons. The molecule has 1 fully saturated rings. The molecule has 0 aromatic carbocycles. The highest BCUT2D eigenvalue weighted by Gasteiger charge is 2.12. The number of nitrogens with one attached hydrogen (secondary N) is 1. The standard InChI is InChI=1S/C14H24N2O/c1-11-12(2)17-14(16-11)10-15-13-8-6-4-3-5-7-9-13/h13,15H,3-10H2,1-2H3. The van der Waals surface area contributed by atoms with Gasteiger partial charge in [0.15, 0.2) is 0 Å². The summed E-state index contributed by atoms with van der Waals surface area (Å²) in [7, 11) is 0. The molecule has 1 aromatic heterocycles. The molecule has 3 nitrogen and oxygen atoms in total. The van der Waals surface area contributed by atoms with E-state index < -0.39 is 0 Å². The maximum absolute atomic E-state index is 5.59. The summed E-state index contributed by atoms with van der Waals surface area (Å²) in [6.07, 6.45) is 9.55. The van der Waals surface area contributed by atoms with Gasteiger partial charge in [-0.1, -0.05) is 32.1 Å². The molecule has 1 heterocycles. The Morgan fingerprint density at radius 1 is 1.12 bits per heavy atom. The third-order valence-corrected chi connectivity index (χ3v) is 3.72. The first-order valence-electron chi connectivity index (χ1n) is 6.92. The zero-order chi connectivity index (χ0) is 12.1. The van der Waals surface area contributed by atoms with E-state index in [0.29, 0.717) is 6.04 Å². The number of hydrogen-bond acceptors (Lipinski definition) is 3. The van der Waals surface area contributed by atoms with Crippen LogP contribution in [0.4, 0.5) is 0 Å². The molecule has 0 aliphatic heterocycles. The molecule has 1 aromatic rings. The molecule has 1 saturated carbocycles. The molecular formula is C14H24N2O. The maximum atomic E-state index is 5.59. The van der Waals surface area contributed by atoms with Crippen LogP contribution >= 0.6 is 0 Å². The maximum Gasteiger partial charge on any atom is 0.208 e. The number of aryl methyl sites for hydroxylation is 2. The molecule has 0 atom stereocenters. The number of aromatic nitrogens is 1. The van der Waals surface area contributed by atoms with Crippen LogP contribution in [0.25, 0.3) is 0 Å². The van der Waals surface area contributed by atoms with E-state index in [4.69, 9.17) is 4.42 Å². The third kappa shape index (κ3) is 3.84. The Morgan fingerprint density at radius 2 is 1.76 bits per heavy atom. The van der Waals surface area contributed by atoms with Crippen molar-refractivity contribution in [3.05, 3.63) is 17.3 Å². The van der Waals surface area contributed by atoms with Gasteiger partial charge in [-0.05, 0) is 26.7 Å². The second-order valence-corrected chi connectivity index (χ2v) is 5.17. The molecule has 0 unspecified atom stereocenters. The average molecular weight is 236 g/mol. The minimum absolute atomic E-state index is 0.655. The predicted octanol–water partition coefficient (Wildman–Crippen LogP) is 3.49. The predicted molar refractivity (Wildman–Crippen MR) is 68.9 cm³/mol. The van der Waals surface area contributed by atoms with Gasteiger partial charge in [0.05, 0.1) is 12.2 Å². The smallest absolute Gasteiger partial charge is 0.208 e. The van der Waals surface area contributed by atoms with Gasteiger partial charge in [-0.3, -0.25) is 0 Å². The molecule has 1 N–H and O–H groups in total. The van der Waals surface area contributed by atoms with Crippen molar-refractivity contribution in [1.29, 1.82) is 0 Å². The summed E-state index contributed by atoms with van der Waals surface area (Å²) in [5.41, 5.74) is 1.01. The minimum atomic E-state index is 0.655. The Morgan fingerprint density at radius 3 is 2.35 bits per heavy atom. The van der Waals surface area contributed by atoms with E-state index in [0.717, 1.165) is 23.9 Å². The fraction of sp³-hybridized carbons (Fsp3) is 0.786. The van der Waals surface area contributed by atoms with Crippen LogP contribution in [0.3, 0.4) is 0 Å². The molecule has 0 spiro atoms. The van der Waals surface area contributed by atoms with Gasteiger partial charge in [-0.25, -0.2) is 4.98 Å². The second-order valence-electron chi connectivity index (χ2n) is 5.17. The van der Waals surface area contributed by atoms with Crippen molar-refractivity contribution in [2.45, 2.75) is 71.4 Å². The van der Waals surface area contributed by atoms with Gasteiger partial charge in [0.1, 0.15) is 5.76 Å². The average Bonchev–Trinajstić information content (AvgIpc) is 2.57. The molecule has 1 aliphatic rings. The van der Waals surface area contributed by atoms with Crippen molar-refractivity contribution in [3.8, 4) is 0 Å². The quantitative estimate of drug-likeness (QED) is 0.873. The first-order valence-corrected chi connectivity index (χ1v) is 6.92. The van der Waals surface area contributed by atoms with E-state index in [-0.39, 0.29) is 0 Å². The van der Waals surface area contributed by atoms with Crippen LogP contribution in [-0.4, -0.2) is 11.0 Å². The second kappa shape index (κ2) is 6.20. The molecule has 0 amide bonds. The van der Waals surface area contributed by atoms with Crippen LogP contribution in [0.1, 0.15) is 62.3 Å². The fourth-order valence-electron chi connectivity index (χ4n) is 2.51. The number of oxazole rings is 1. The lowest BCUT2D eigenvalue weighted by atomic mass is 9.97. The Labute approximate surface area is 104 Å². The van der Waals surface area contributed by atoms with Gasteiger partial charge < -0.3 is 9.73 Å². The SMILES string of the molecule is Cc1nc(CNC2CCCCCCC2)oc1C. The van der Waals surface area contributed by atoms with E-state index >= 15 is 0 Å². The van der Waals surface area contributed by atoms with Gasteiger partial charge in [-0.15, -0.1) is 0 Å². The van der Waals surface area contributed by atoms with Gasteiger partial charge in [0, 0.05) is 6.04 Å². The zero-order valence-electron chi connectivity index (χ0n) is 11.1. The normalized spacial score (nSPS) is 18.9. The van der Waals surface area contributed by atoms with Crippen molar-refractivity contribution in [2.75, 3.05) is 0 Å². The van der Waals surface area contributed by atoms with Gasteiger partial charge in [0.2, 0.25) is 5.89 Å². The van der Waals surface area contributed by atoms with E-state index in [1.165, 1.54) is 44.9 Å². The van der Waals surface area contributed by atoms with E-state index in [2.05, 4.69) is 10.3 Å². The number of nitrogens with zero attached hydrogens (tertiary/aromatic N) is 1. The fourth-order valence-corrected chi connectivity index (χ4v) is 2.51. The van der Waals surface area contributed by atoms with Crippen LogP contribution in [0.2, 0.25) is 0 Å². The van der Waals surface area contributed by atoms with Crippen LogP contribution in [0.15, 0.2) is 4.42 Å². The summed E-state index contributed by atoms with van der Waals surface area (Å²) < 4.78 is 5.59. The summed E-state index contributed by atoms with van der Waals surface area (Å²) in [6, 6.07) is 0.655. The van der Waals surface area contributed by atoms with Crippen molar-refractivity contribution >= 4 is 0 Å². The number of rotatable bonds is 3. The Balaban J connectivity index is 1.79. The minimum Gasteiger partial charge on any atom is -0.444 e. The summed E-state index contributed by atoms with van der Waals surface area (Å²) in [5, 5.41) is 3.59. The molecule has 17 heavy (non-hydrogen) atoms. The van der Waals surface area contributed by atoms with E-state index in [9.17, 15) is 0 Å². The van der Waals surface area contributed by atoms with Gasteiger partial charge >= 0.3 is 0 Å². The summed E-state index contributed by atoms with van der Waals surface area (Å²) in [4.78, 5) is 4.41. The molecule has 1 aliphatic carbocycles. The summed E-state index contributed by atoms with van der Waals surface area (Å²) in [6.45, 7) is 4.75. The highest BCUT2D eigenvalue weighted by molar-refractivity contribution is 5.05. The van der Waals surface area contributed by atoms with Crippen molar-refractivity contribution < 1.29 is 4.42 Å². The lowest BCUT2D eigenvalue weighted by Gasteiger charge is -2.20. The van der Waals surface area contributed by atoms with Crippen molar-refractivity contribution in [2.24, 2.45) is 0 Å². The molecular weight excluding hydrogens is 212 g/mol. The third-order valence-electron chi connectivity index (χ3n) is 3.72. The molecule has 0 bridgehead atoms. The van der Waals surface area contributed by atoms with Gasteiger partial charge in [-0.2, -0.15) is 0 Å². The van der Waals surface area contributed by atoms with Crippen LogP contribution < -0.4 is 5.32 Å². The molecule has 3 heteroatoms. The molecule has 2 rings (SSSR count). The lowest BCUT2D eigenvalue weighted by Crippen LogP contribution is -2.29. The van der Waals surface area contributed by atoms with Gasteiger partial charge in [0.25, 0.3) is 0 Å². The highest BCUT2D eigenvalue weighted by Crippen LogP contribution is 2.17. The Bertz CT molecular complexity index is 318. The summed E-state index contributed by atoms with van der Waals surface area (Å²) >= 11 is 0. The summed E-state index contributed by atoms with van der Waals surface area (Å²) in [5.74, 6) is 1.78. The highest BCUT2D eigenvalue weighted by atomic mass is 16.4. The monoisotopic (exact) mass is 236 g/mol. The first-order chi connectivity index (χ1) is 8.25. The topological polar surface area (TPSA) is 38.1 Å². The lowest BCUT2D eigenvalue weighted by molar-refractivity contribution is 0.364. The van der Waals surface area contributed by atoms with Crippen LogP contribution in [0.5, 0.6) is 0 Å². The van der Waals surface area contributed by atoms with E-state index in [1.54, 1.807) is 0 Å². The molecule has 0 saturated heterocycles. The largest absolute Gasteiger partial charge is 0.444 e. The Kier molecular flexibility index (Phi) is 4.60. The Hall–Kier alpha value is -0.830. The van der Waals surface area contributed by atoms with Crippen molar-refractivity contribution in [3.63, 3.8) is 0 Å².